The second-order valence-corrected chi connectivity index (χ2v) is 9.78. The summed E-state index contributed by atoms with van der Waals surface area (Å²) in [5.74, 6) is -1.28. The average Bonchev–Trinajstić information content (AvgIpc) is 3.54. The summed E-state index contributed by atoms with van der Waals surface area (Å²) in [6.45, 7) is 1.69. The molecule has 1 saturated carbocycles. The molecule has 1 aliphatic carbocycles. The van der Waals surface area contributed by atoms with Gasteiger partial charge >= 0.3 is 12.1 Å². The first-order valence-electron chi connectivity index (χ1n) is 12.5. The highest BCUT2D eigenvalue weighted by atomic mass is 19.4. The second-order valence-electron chi connectivity index (χ2n) is 9.78. The Kier molecular flexibility index (Phi) is 6.71. The van der Waals surface area contributed by atoms with Crippen molar-refractivity contribution in [1.29, 1.82) is 0 Å². The molecule has 7 heteroatoms. The molecular formula is C30H28F3NO3. The van der Waals surface area contributed by atoms with Crippen molar-refractivity contribution in [3.05, 3.63) is 89.6 Å². The first-order valence-corrected chi connectivity index (χ1v) is 12.5. The second kappa shape index (κ2) is 9.96. The Balaban J connectivity index is 1.50. The maximum absolute atomic E-state index is 13.0. The Morgan fingerprint density at radius 1 is 0.973 bits per heavy atom. The van der Waals surface area contributed by atoms with Crippen molar-refractivity contribution >= 4 is 16.9 Å². The highest BCUT2D eigenvalue weighted by Crippen LogP contribution is 2.39. The lowest BCUT2D eigenvalue weighted by Crippen LogP contribution is -2.20. The van der Waals surface area contributed by atoms with Crippen LogP contribution in [0.2, 0.25) is 0 Å². The first-order chi connectivity index (χ1) is 17.7. The molecule has 3 aromatic carbocycles. The van der Waals surface area contributed by atoms with Gasteiger partial charge in [-0.2, -0.15) is 13.2 Å². The number of nitrogens with one attached hydrogen (secondary N) is 1. The number of halogens is 3. The van der Waals surface area contributed by atoms with E-state index in [9.17, 15) is 23.1 Å². The van der Waals surface area contributed by atoms with Crippen LogP contribution in [0.3, 0.4) is 0 Å². The molecule has 1 fully saturated rings. The number of aromatic amines is 1. The van der Waals surface area contributed by atoms with Crippen LogP contribution in [0.15, 0.2) is 72.9 Å². The van der Waals surface area contributed by atoms with Crippen LogP contribution < -0.4 is 4.74 Å². The minimum absolute atomic E-state index is 0.233. The summed E-state index contributed by atoms with van der Waals surface area (Å²) in [5.41, 5.74) is 3.21. The molecule has 4 nitrogen and oxygen atoms in total. The zero-order valence-electron chi connectivity index (χ0n) is 20.4. The summed E-state index contributed by atoms with van der Waals surface area (Å²) in [4.78, 5) is 15.4. The molecule has 0 amide bonds. The fourth-order valence-corrected chi connectivity index (χ4v) is 5.26. The third-order valence-corrected chi connectivity index (χ3v) is 7.33. The van der Waals surface area contributed by atoms with E-state index in [1.807, 2.05) is 48.7 Å². The summed E-state index contributed by atoms with van der Waals surface area (Å²) >= 11 is 0. The van der Waals surface area contributed by atoms with E-state index >= 15 is 0 Å². The lowest BCUT2D eigenvalue weighted by molar-refractivity contribution is -0.141. The van der Waals surface area contributed by atoms with E-state index in [2.05, 4.69) is 4.98 Å². The average molecular weight is 508 g/mol. The predicted octanol–water partition coefficient (Wildman–Crippen LogP) is 8.03. The van der Waals surface area contributed by atoms with Crippen molar-refractivity contribution in [2.24, 2.45) is 5.92 Å². The molecule has 1 heterocycles. The van der Waals surface area contributed by atoms with Crippen LogP contribution in [0.1, 0.15) is 55.2 Å². The van der Waals surface area contributed by atoms with E-state index in [0.29, 0.717) is 5.56 Å². The molecule has 2 unspecified atom stereocenters. The standard InChI is InChI=1S/C30H28F3NO3/c1-18(29(35)36)28(20-8-13-24(14-9-20)37-23-4-2-3-5-23)26-17-34-27-15-10-21(16-25(26)27)19-6-11-22(12-7-19)30(31,32)33/h6-18,23,28,34H,2-5H2,1H3,(H,35,36). The van der Waals surface area contributed by atoms with Gasteiger partial charge in [-0.05, 0) is 84.3 Å². The van der Waals surface area contributed by atoms with Gasteiger partial charge in [0.2, 0.25) is 0 Å². The van der Waals surface area contributed by atoms with Gasteiger partial charge in [-0.3, -0.25) is 4.79 Å². The molecule has 0 aliphatic heterocycles. The molecule has 0 radical (unpaired) electrons. The van der Waals surface area contributed by atoms with Gasteiger partial charge in [0.25, 0.3) is 0 Å². The van der Waals surface area contributed by atoms with Crippen LogP contribution in [-0.4, -0.2) is 22.2 Å². The van der Waals surface area contributed by atoms with Gasteiger partial charge in [-0.1, -0.05) is 37.3 Å². The number of carboxylic acid groups (broad SMARTS) is 1. The smallest absolute Gasteiger partial charge is 0.416 e. The fraction of sp³-hybridized carbons (Fsp3) is 0.300. The van der Waals surface area contributed by atoms with Crippen molar-refractivity contribution in [1.82, 2.24) is 4.98 Å². The van der Waals surface area contributed by atoms with E-state index in [4.69, 9.17) is 4.74 Å². The van der Waals surface area contributed by atoms with Crippen LogP contribution in [0.4, 0.5) is 13.2 Å². The molecule has 37 heavy (non-hydrogen) atoms. The lowest BCUT2D eigenvalue weighted by atomic mass is 9.81. The molecular weight excluding hydrogens is 479 g/mol. The summed E-state index contributed by atoms with van der Waals surface area (Å²) in [7, 11) is 0. The number of hydrogen-bond donors (Lipinski definition) is 2. The summed E-state index contributed by atoms with van der Waals surface area (Å²) in [6.07, 6.45) is 2.12. The number of ether oxygens (including phenoxy) is 1. The van der Waals surface area contributed by atoms with Crippen molar-refractivity contribution in [3.8, 4) is 16.9 Å². The molecule has 0 saturated heterocycles. The van der Waals surface area contributed by atoms with Gasteiger partial charge in [-0.15, -0.1) is 0 Å². The number of benzene rings is 3. The maximum atomic E-state index is 13.0. The molecule has 1 aliphatic rings. The zero-order chi connectivity index (χ0) is 26.2. The molecule has 0 spiro atoms. The van der Waals surface area contributed by atoms with E-state index in [1.54, 1.807) is 6.92 Å². The van der Waals surface area contributed by atoms with Gasteiger partial charge in [0.15, 0.2) is 0 Å². The Morgan fingerprint density at radius 2 is 1.62 bits per heavy atom. The largest absolute Gasteiger partial charge is 0.490 e. The first kappa shape index (κ1) is 24.9. The molecule has 5 rings (SSSR count). The van der Waals surface area contributed by atoms with E-state index in [1.165, 1.54) is 25.0 Å². The zero-order valence-corrected chi connectivity index (χ0v) is 20.4. The monoisotopic (exact) mass is 507 g/mol. The van der Waals surface area contributed by atoms with Gasteiger partial charge in [0.05, 0.1) is 17.6 Å². The lowest BCUT2D eigenvalue weighted by Gasteiger charge is -2.22. The summed E-state index contributed by atoms with van der Waals surface area (Å²) in [6, 6.07) is 18.3. The quantitative estimate of drug-likeness (QED) is 0.266. The molecule has 1 aromatic heterocycles. The minimum Gasteiger partial charge on any atom is -0.490 e. The number of carbonyl (C=O) groups is 1. The SMILES string of the molecule is CC(C(=O)O)C(c1ccc(OC2CCCC2)cc1)c1c[nH]c2ccc(-c3ccc(C(F)(F)F)cc3)cc12. The molecule has 192 valence electrons. The Morgan fingerprint density at radius 3 is 2.24 bits per heavy atom. The Bertz CT molecular complexity index is 1380. The molecule has 2 N–H and O–H groups in total. The number of carboxylic acids is 1. The van der Waals surface area contributed by atoms with Crippen molar-refractivity contribution in [2.45, 2.75) is 50.8 Å². The third-order valence-electron chi connectivity index (χ3n) is 7.33. The predicted molar refractivity (Wildman–Crippen MR) is 137 cm³/mol. The number of aliphatic carboxylic acids is 1. The summed E-state index contributed by atoms with van der Waals surface area (Å²) < 4.78 is 45.1. The number of rotatable bonds is 7. The van der Waals surface area contributed by atoms with Gasteiger partial charge in [-0.25, -0.2) is 0 Å². The van der Waals surface area contributed by atoms with Crippen LogP contribution in [0, 0.1) is 5.92 Å². The van der Waals surface area contributed by atoms with Crippen LogP contribution in [0.25, 0.3) is 22.0 Å². The van der Waals surface area contributed by atoms with E-state index < -0.39 is 29.5 Å². The number of fused-ring (bicyclic) bond motifs is 1. The fourth-order valence-electron chi connectivity index (χ4n) is 5.26. The van der Waals surface area contributed by atoms with Crippen LogP contribution >= 0.6 is 0 Å². The topological polar surface area (TPSA) is 62.3 Å². The van der Waals surface area contributed by atoms with Crippen LogP contribution in [-0.2, 0) is 11.0 Å². The van der Waals surface area contributed by atoms with Crippen LogP contribution in [0.5, 0.6) is 5.75 Å². The molecule has 4 aromatic rings. The molecule has 2 atom stereocenters. The van der Waals surface area contributed by atoms with Crippen molar-refractivity contribution < 1.29 is 27.8 Å². The number of alkyl halides is 3. The van der Waals surface area contributed by atoms with Crippen molar-refractivity contribution in [2.75, 3.05) is 0 Å². The van der Waals surface area contributed by atoms with Gasteiger partial charge < -0.3 is 14.8 Å². The minimum atomic E-state index is -4.39. The van der Waals surface area contributed by atoms with Gasteiger partial charge in [0.1, 0.15) is 5.75 Å². The Labute approximate surface area is 213 Å². The molecule has 0 bridgehead atoms. The third kappa shape index (κ3) is 5.22. The highest BCUT2D eigenvalue weighted by molar-refractivity contribution is 5.89. The normalized spacial score (nSPS) is 16.1. The van der Waals surface area contributed by atoms with E-state index in [0.717, 1.165) is 58.3 Å². The highest BCUT2D eigenvalue weighted by Gasteiger charge is 2.31. The maximum Gasteiger partial charge on any atom is 0.416 e. The van der Waals surface area contributed by atoms with Gasteiger partial charge in [0, 0.05) is 23.0 Å². The number of hydrogen-bond acceptors (Lipinski definition) is 2. The Hall–Kier alpha value is -3.74. The number of H-pyrrole nitrogens is 1. The number of aromatic nitrogens is 1. The van der Waals surface area contributed by atoms with E-state index in [-0.39, 0.29) is 6.10 Å². The summed E-state index contributed by atoms with van der Waals surface area (Å²) in [5, 5.41) is 10.8. The van der Waals surface area contributed by atoms with Crippen molar-refractivity contribution in [3.63, 3.8) is 0 Å².